The molecule has 0 saturated carbocycles. The number of aliphatic carboxylic acids is 1. The molecule has 0 aromatic rings. The summed E-state index contributed by atoms with van der Waals surface area (Å²) in [6.45, 7) is 5.53. The molecule has 0 fully saturated rings. The third-order valence-electron chi connectivity index (χ3n) is 0.697. The van der Waals surface area contributed by atoms with Gasteiger partial charge in [-0.05, 0) is 24.3 Å². The molecule has 5 heteroatoms. The van der Waals surface area contributed by atoms with Crippen LogP contribution >= 0.6 is 11.8 Å². The van der Waals surface area contributed by atoms with Gasteiger partial charge in [0.2, 0.25) is 0 Å². The first-order valence-corrected chi connectivity index (χ1v) is 5.07. The Hall–Kier alpha value is 0.546. The van der Waals surface area contributed by atoms with Crippen molar-refractivity contribution in [2.45, 2.75) is 33.6 Å². The van der Waals surface area contributed by atoms with Crippen molar-refractivity contribution in [2.24, 2.45) is 0 Å². The van der Waals surface area contributed by atoms with Crippen LogP contribution in [0.2, 0.25) is 0 Å². The first kappa shape index (κ1) is 23.4. The molecule has 0 aromatic heterocycles. The lowest BCUT2D eigenvalue weighted by molar-refractivity contribution is -0.134. The van der Waals surface area contributed by atoms with Gasteiger partial charge < -0.3 is 10.6 Å². The molecule has 0 aromatic carbocycles. The molecule has 0 aliphatic heterocycles. The maximum absolute atomic E-state index is 9.00. The molecule has 80 valence electrons. The average molecular weight is 223 g/mol. The van der Waals surface area contributed by atoms with Gasteiger partial charge >= 0.3 is 23.1 Å². The van der Waals surface area contributed by atoms with Crippen molar-refractivity contribution in [3.8, 4) is 0 Å². The molecule has 0 unspecified atom stereocenters. The standard InChI is InChI=1S/C6H14S.C2H4O2.Mg.H2O.2H/c1-3-5-7-6-4-2;1-2(3)4;;;;/h3-6H2,1-2H3;1H3,(H,3,4);;1H2;;. The fraction of sp³-hybridized carbons (Fsp3) is 0.875. The second-order valence-corrected chi connectivity index (χ2v) is 3.36. The highest BCUT2D eigenvalue weighted by Crippen LogP contribution is 2.02. The summed E-state index contributed by atoms with van der Waals surface area (Å²) in [6, 6.07) is 0. The zero-order chi connectivity index (χ0) is 9.11. The van der Waals surface area contributed by atoms with Gasteiger partial charge in [-0.3, -0.25) is 4.79 Å². The van der Waals surface area contributed by atoms with Crippen molar-refractivity contribution in [3.05, 3.63) is 0 Å². The van der Waals surface area contributed by atoms with Crippen LogP contribution in [0.4, 0.5) is 0 Å². The number of carboxylic acid groups (broad SMARTS) is 1. The third-order valence-corrected chi connectivity index (χ3v) is 2.09. The zero-order valence-corrected chi connectivity index (χ0v) is 8.91. The minimum atomic E-state index is -0.833. The van der Waals surface area contributed by atoms with E-state index in [1.54, 1.807) is 0 Å². The quantitative estimate of drug-likeness (QED) is 0.567. The largest absolute Gasteiger partial charge is 0.481 e. The van der Waals surface area contributed by atoms with Crippen molar-refractivity contribution in [1.29, 1.82) is 0 Å². The predicted molar refractivity (Wildman–Crippen MR) is 63.4 cm³/mol. The molecular weight excluding hydrogens is 200 g/mol. The molecule has 0 bridgehead atoms. The van der Waals surface area contributed by atoms with E-state index in [1.807, 2.05) is 0 Å². The Bertz CT molecular complexity index is 83.5. The van der Waals surface area contributed by atoms with Gasteiger partial charge in [0.1, 0.15) is 0 Å². The number of hydrogen-bond donors (Lipinski definition) is 1. The second kappa shape index (κ2) is 22.9. The summed E-state index contributed by atoms with van der Waals surface area (Å²) in [5, 5.41) is 7.42. The lowest BCUT2D eigenvalue weighted by Gasteiger charge is -1.91. The van der Waals surface area contributed by atoms with Crippen molar-refractivity contribution >= 4 is 40.8 Å². The van der Waals surface area contributed by atoms with Crippen molar-refractivity contribution in [2.75, 3.05) is 11.5 Å². The molecule has 13 heavy (non-hydrogen) atoms. The number of rotatable bonds is 4. The van der Waals surface area contributed by atoms with Crippen LogP contribution in [0.5, 0.6) is 0 Å². The highest BCUT2D eigenvalue weighted by atomic mass is 32.2. The summed E-state index contributed by atoms with van der Waals surface area (Å²) in [5.74, 6) is 1.85. The van der Waals surface area contributed by atoms with Gasteiger partial charge in [-0.15, -0.1) is 0 Å². The minimum absolute atomic E-state index is 0. The Morgan fingerprint density at radius 3 is 1.62 bits per heavy atom. The fourth-order valence-corrected chi connectivity index (χ4v) is 1.17. The molecule has 0 heterocycles. The summed E-state index contributed by atoms with van der Waals surface area (Å²) < 4.78 is 0. The maximum Gasteiger partial charge on any atom is 0.316 e. The third kappa shape index (κ3) is 67.5. The van der Waals surface area contributed by atoms with Crippen molar-refractivity contribution in [1.82, 2.24) is 0 Å². The van der Waals surface area contributed by atoms with Gasteiger partial charge in [-0.25, -0.2) is 0 Å². The van der Waals surface area contributed by atoms with Crippen LogP contribution in [0.15, 0.2) is 0 Å². The molecule has 0 radical (unpaired) electrons. The van der Waals surface area contributed by atoms with Gasteiger partial charge in [-0.1, -0.05) is 13.8 Å². The summed E-state index contributed by atoms with van der Waals surface area (Å²) in [7, 11) is 0. The number of thioether (sulfide) groups is 1. The molecule has 3 nitrogen and oxygen atoms in total. The molecule has 0 aliphatic carbocycles. The Morgan fingerprint density at radius 1 is 1.23 bits per heavy atom. The van der Waals surface area contributed by atoms with E-state index in [0.29, 0.717) is 0 Å². The number of hydrogen-bond acceptors (Lipinski definition) is 2. The highest BCUT2D eigenvalue weighted by molar-refractivity contribution is 7.99. The smallest absolute Gasteiger partial charge is 0.316 e. The van der Waals surface area contributed by atoms with Crippen LogP contribution in [0.25, 0.3) is 0 Å². The van der Waals surface area contributed by atoms with E-state index in [-0.39, 0.29) is 28.5 Å². The van der Waals surface area contributed by atoms with Crippen molar-refractivity contribution < 1.29 is 15.4 Å². The van der Waals surface area contributed by atoms with Gasteiger partial charge in [0.05, 0.1) is 0 Å². The van der Waals surface area contributed by atoms with Crippen LogP contribution in [0.3, 0.4) is 0 Å². The van der Waals surface area contributed by atoms with Gasteiger partial charge in [0.15, 0.2) is 0 Å². The van der Waals surface area contributed by atoms with Gasteiger partial charge in [-0.2, -0.15) is 11.8 Å². The second-order valence-electron chi connectivity index (χ2n) is 2.13. The Balaban J connectivity index is -0.0000000600. The van der Waals surface area contributed by atoms with E-state index < -0.39 is 5.97 Å². The minimum Gasteiger partial charge on any atom is -0.481 e. The van der Waals surface area contributed by atoms with E-state index in [9.17, 15) is 0 Å². The molecule has 0 aliphatic rings. The fourth-order valence-electron chi connectivity index (χ4n) is 0.391. The molecule has 0 spiro atoms. The van der Waals surface area contributed by atoms with Gasteiger partial charge in [0.25, 0.3) is 5.97 Å². The Morgan fingerprint density at radius 2 is 1.46 bits per heavy atom. The van der Waals surface area contributed by atoms with Crippen LogP contribution in [0.1, 0.15) is 33.6 Å². The van der Waals surface area contributed by atoms with E-state index in [0.717, 1.165) is 6.92 Å². The topological polar surface area (TPSA) is 68.8 Å². The molecular formula is C8H22MgO3S. The Kier molecular flexibility index (Phi) is 41.2. The molecule has 3 N–H and O–H groups in total. The van der Waals surface area contributed by atoms with Crippen LogP contribution in [-0.2, 0) is 4.79 Å². The number of carboxylic acids is 1. The summed E-state index contributed by atoms with van der Waals surface area (Å²) >= 11 is 2.05. The lowest BCUT2D eigenvalue weighted by atomic mass is 10.6. The molecule has 0 atom stereocenters. The van der Waals surface area contributed by atoms with Crippen LogP contribution in [-0.4, -0.2) is 51.1 Å². The van der Waals surface area contributed by atoms with E-state index in [4.69, 9.17) is 9.90 Å². The SMILES string of the molecule is CC(=O)O.CCCSCCC.O.[MgH2]. The first-order chi connectivity index (χ1) is 5.15. The number of carbonyl (C=O) groups is 1. The lowest BCUT2D eigenvalue weighted by Crippen LogP contribution is -1.78. The summed E-state index contributed by atoms with van der Waals surface area (Å²) in [5.41, 5.74) is 0. The van der Waals surface area contributed by atoms with Crippen LogP contribution < -0.4 is 0 Å². The normalized spacial score (nSPS) is 7.00. The first-order valence-electron chi connectivity index (χ1n) is 3.92. The van der Waals surface area contributed by atoms with E-state index >= 15 is 0 Å². The van der Waals surface area contributed by atoms with Gasteiger partial charge in [0, 0.05) is 6.92 Å². The van der Waals surface area contributed by atoms with E-state index in [1.165, 1.54) is 24.3 Å². The summed E-state index contributed by atoms with van der Waals surface area (Å²) in [4.78, 5) is 9.00. The maximum atomic E-state index is 9.00. The monoisotopic (exact) mass is 222 g/mol. The molecule has 0 rings (SSSR count). The van der Waals surface area contributed by atoms with Crippen LogP contribution in [0, 0.1) is 0 Å². The average Bonchev–Trinajstić information content (AvgIpc) is 1.88. The predicted octanol–water partition coefficient (Wildman–Crippen LogP) is 0.890. The molecule has 0 saturated heterocycles. The highest BCUT2D eigenvalue weighted by Gasteiger charge is 1.79. The Labute approximate surface area is 101 Å². The van der Waals surface area contributed by atoms with E-state index in [2.05, 4.69) is 25.6 Å². The summed E-state index contributed by atoms with van der Waals surface area (Å²) in [6.07, 6.45) is 2.65. The zero-order valence-electron chi connectivity index (χ0n) is 8.09. The molecule has 0 amide bonds. The van der Waals surface area contributed by atoms with Crippen molar-refractivity contribution in [3.63, 3.8) is 0 Å².